The Morgan fingerprint density at radius 1 is 1.19 bits per heavy atom. The molecular weight excluding hydrogens is 238 g/mol. The third-order valence-electron chi connectivity index (χ3n) is 2.26. The maximum Gasteiger partial charge on any atom is 0.0406 e. The molecule has 0 aliphatic carbocycles. The van der Waals surface area contributed by atoms with Crippen molar-refractivity contribution < 1.29 is 0 Å². The van der Waals surface area contributed by atoms with E-state index in [2.05, 4.69) is 38.2 Å². The Labute approximate surface area is 108 Å². The van der Waals surface area contributed by atoms with Gasteiger partial charge < -0.3 is 5.32 Å². The highest BCUT2D eigenvalue weighted by molar-refractivity contribution is 7.99. The lowest BCUT2D eigenvalue weighted by atomic mass is 10.2. The van der Waals surface area contributed by atoms with Gasteiger partial charge in [0.25, 0.3) is 0 Å². The summed E-state index contributed by atoms with van der Waals surface area (Å²) >= 11 is 7.81. The molecule has 1 aromatic rings. The second-order valence-corrected chi connectivity index (χ2v) is 6.17. The van der Waals surface area contributed by atoms with E-state index in [1.165, 1.54) is 5.56 Å². The van der Waals surface area contributed by atoms with E-state index in [9.17, 15) is 0 Å². The maximum atomic E-state index is 5.84. The Balaban J connectivity index is 2.26. The number of nitrogens with one attached hydrogen (secondary N) is 1. The van der Waals surface area contributed by atoms with Gasteiger partial charge in [0.05, 0.1) is 0 Å². The molecule has 0 saturated heterocycles. The van der Waals surface area contributed by atoms with E-state index in [4.69, 9.17) is 11.6 Å². The lowest BCUT2D eigenvalue weighted by Gasteiger charge is -2.14. The van der Waals surface area contributed by atoms with Crippen LogP contribution in [0, 0.1) is 0 Å². The van der Waals surface area contributed by atoms with E-state index in [-0.39, 0.29) is 0 Å². The molecule has 1 N–H and O–H groups in total. The molecule has 1 atom stereocenters. The van der Waals surface area contributed by atoms with Crippen molar-refractivity contribution in [3.63, 3.8) is 0 Å². The fourth-order valence-electron chi connectivity index (χ4n) is 1.28. The molecule has 0 saturated carbocycles. The molecule has 1 unspecified atom stereocenters. The third-order valence-corrected chi connectivity index (χ3v) is 3.75. The van der Waals surface area contributed by atoms with Gasteiger partial charge in [0.2, 0.25) is 0 Å². The molecule has 16 heavy (non-hydrogen) atoms. The summed E-state index contributed by atoms with van der Waals surface area (Å²) in [7, 11) is 0. The van der Waals surface area contributed by atoms with Gasteiger partial charge in [-0.2, -0.15) is 11.8 Å². The largest absolute Gasteiger partial charge is 0.313 e. The molecule has 1 nitrogen and oxygen atoms in total. The highest BCUT2D eigenvalue weighted by Crippen LogP contribution is 2.18. The Kier molecular flexibility index (Phi) is 6.25. The number of rotatable bonds is 6. The lowest BCUT2D eigenvalue weighted by molar-refractivity contribution is 0.589. The van der Waals surface area contributed by atoms with Gasteiger partial charge in [0.1, 0.15) is 0 Å². The van der Waals surface area contributed by atoms with Crippen molar-refractivity contribution in [1.82, 2.24) is 5.32 Å². The van der Waals surface area contributed by atoms with Gasteiger partial charge in [-0.25, -0.2) is 0 Å². The number of benzene rings is 1. The Bertz CT molecular complexity index is 297. The minimum absolute atomic E-state index is 0.568. The lowest BCUT2D eigenvalue weighted by Crippen LogP contribution is -2.29. The summed E-state index contributed by atoms with van der Waals surface area (Å²) in [5.74, 6) is 1.05. The minimum Gasteiger partial charge on any atom is -0.313 e. The molecule has 0 aliphatic rings. The number of hydrogen-bond donors (Lipinski definition) is 1. The van der Waals surface area contributed by atoms with E-state index in [0.29, 0.717) is 11.3 Å². The van der Waals surface area contributed by atoms with Gasteiger partial charge in [-0.3, -0.25) is 0 Å². The van der Waals surface area contributed by atoms with Crippen LogP contribution in [0.2, 0.25) is 5.02 Å². The van der Waals surface area contributed by atoms with Crippen molar-refractivity contribution in [2.45, 2.75) is 37.8 Å². The molecular formula is C13H20ClNS. The van der Waals surface area contributed by atoms with Gasteiger partial charge in [-0.15, -0.1) is 0 Å². The molecule has 0 bridgehead atoms. The summed E-state index contributed by atoms with van der Waals surface area (Å²) in [6.07, 6.45) is 0. The van der Waals surface area contributed by atoms with Crippen LogP contribution >= 0.6 is 23.4 Å². The van der Waals surface area contributed by atoms with E-state index in [0.717, 1.165) is 17.3 Å². The smallest absolute Gasteiger partial charge is 0.0406 e. The average Bonchev–Trinajstić information content (AvgIpc) is 2.25. The van der Waals surface area contributed by atoms with E-state index in [1.54, 1.807) is 0 Å². The first-order valence-corrected chi connectivity index (χ1v) is 7.10. The zero-order valence-electron chi connectivity index (χ0n) is 10.2. The number of thioether (sulfide) groups is 1. The van der Waals surface area contributed by atoms with Crippen LogP contribution in [0.5, 0.6) is 0 Å². The summed E-state index contributed by atoms with van der Waals surface area (Å²) in [6, 6.07) is 8.66. The summed E-state index contributed by atoms with van der Waals surface area (Å²) in [4.78, 5) is 0. The van der Waals surface area contributed by atoms with Gasteiger partial charge >= 0.3 is 0 Å². The van der Waals surface area contributed by atoms with Crippen molar-refractivity contribution in [3.8, 4) is 0 Å². The molecule has 0 fully saturated rings. The van der Waals surface area contributed by atoms with Crippen molar-refractivity contribution >= 4 is 23.4 Å². The van der Waals surface area contributed by atoms with Crippen LogP contribution < -0.4 is 5.32 Å². The molecule has 0 spiro atoms. The Morgan fingerprint density at radius 3 is 2.38 bits per heavy atom. The minimum atomic E-state index is 0.568. The molecule has 0 radical (unpaired) electrons. The highest BCUT2D eigenvalue weighted by Gasteiger charge is 2.03. The molecule has 1 aromatic carbocycles. The fraction of sp³-hybridized carbons (Fsp3) is 0.538. The van der Waals surface area contributed by atoms with Gasteiger partial charge in [0, 0.05) is 28.6 Å². The van der Waals surface area contributed by atoms with Crippen LogP contribution in [0.3, 0.4) is 0 Å². The number of halogens is 1. The molecule has 0 amide bonds. The van der Waals surface area contributed by atoms with Crippen molar-refractivity contribution in [3.05, 3.63) is 34.9 Å². The highest BCUT2D eigenvalue weighted by atomic mass is 35.5. The second kappa shape index (κ2) is 7.21. The normalized spacial score (nSPS) is 13.1. The SMILES string of the molecule is CC(C)NCC(C)SCc1ccc(Cl)cc1. The van der Waals surface area contributed by atoms with Crippen molar-refractivity contribution in [2.24, 2.45) is 0 Å². The van der Waals surface area contributed by atoms with Gasteiger partial charge in [-0.05, 0) is 17.7 Å². The maximum absolute atomic E-state index is 5.84. The third kappa shape index (κ3) is 5.78. The predicted molar refractivity (Wildman–Crippen MR) is 75.3 cm³/mol. The van der Waals surface area contributed by atoms with Gasteiger partial charge in [-0.1, -0.05) is 44.5 Å². The Hall–Kier alpha value is -0.180. The summed E-state index contributed by atoms with van der Waals surface area (Å²) in [5.41, 5.74) is 1.34. The first-order valence-electron chi connectivity index (χ1n) is 5.67. The van der Waals surface area contributed by atoms with E-state index in [1.807, 2.05) is 23.9 Å². The molecule has 3 heteroatoms. The van der Waals surface area contributed by atoms with Crippen LogP contribution in [0.4, 0.5) is 0 Å². The van der Waals surface area contributed by atoms with Crippen LogP contribution in [0.1, 0.15) is 26.3 Å². The second-order valence-electron chi connectivity index (χ2n) is 4.31. The monoisotopic (exact) mass is 257 g/mol. The van der Waals surface area contributed by atoms with Crippen LogP contribution in [0.15, 0.2) is 24.3 Å². The average molecular weight is 258 g/mol. The van der Waals surface area contributed by atoms with E-state index < -0.39 is 0 Å². The molecule has 90 valence electrons. The molecule has 0 aromatic heterocycles. The summed E-state index contributed by atoms with van der Waals surface area (Å²) in [5, 5.41) is 4.89. The van der Waals surface area contributed by atoms with Crippen LogP contribution in [-0.4, -0.2) is 17.8 Å². The van der Waals surface area contributed by atoms with Gasteiger partial charge in [0.15, 0.2) is 0 Å². The van der Waals surface area contributed by atoms with Crippen molar-refractivity contribution in [2.75, 3.05) is 6.54 Å². The van der Waals surface area contributed by atoms with Crippen molar-refractivity contribution in [1.29, 1.82) is 0 Å². The first-order chi connectivity index (χ1) is 7.58. The first kappa shape index (κ1) is 13.9. The van der Waals surface area contributed by atoms with Crippen LogP contribution in [-0.2, 0) is 5.75 Å². The molecule has 1 rings (SSSR count). The molecule has 0 aliphatic heterocycles. The predicted octanol–water partition coefficient (Wildman–Crippen LogP) is 3.96. The fourth-order valence-corrected chi connectivity index (χ4v) is 2.29. The zero-order chi connectivity index (χ0) is 12.0. The summed E-state index contributed by atoms with van der Waals surface area (Å²) < 4.78 is 0. The number of hydrogen-bond acceptors (Lipinski definition) is 2. The standard InChI is InChI=1S/C13H20ClNS/c1-10(2)15-8-11(3)16-9-12-4-6-13(14)7-5-12/h4-7,10-11,15H,8-9H2,1-3H3. The summed E-state index contributed by atoms with van der Waals surface area (Å²) in [6.45, 7) is 7.68. The Morgan fingerprint density at radius 2 is 1.81 bits per heavy atom. The zero-order valence-corrected chi connectivity index (χ0v) is 11.7. The quantitative estimate of drug-likeness (QED) is 0.828. The topological polar surface area (TPSA) is 12.0 Å². The molecule has 0 heterocycles. The van der Waals surface area contributed by atoms with Crippen LogP contribution in [0.25, 0.3) is 0 Å². The van der Waals surface area contributed by atoms with E-state index >= 15 is 0 Å².